The molecule has 1 saturated heterocycles. The molecule has 5 nitrogen and oxygen atoms in total. The van der Waals surface area contributed by atoms with Crippen LogP contribution in [-0.2, 0) is 9.53 Å². The van der Waals surface area contributed by atoms with Crippen molar-refractivity contribution >= 4 is 12.1 Å². The van der Waals surface area contributed by atoms with Gasteiger partial charge >= 0.3 is 12.1 Å². The van der Waals surface area contributed by atoms with E-state index in [0.29, 0.717) is 24.8 Å². The maximum absolute atomic E-state index is 12.4. The number of carboxylic acid groups (broad SMARTS) is 1. The van der Waals surface area contributed by atoms with Gasteiger partial charge in [0.25, 0.3) is 0 Å². The number of carbonyl (C=O) groups is 2. The summed E-state index contributed by atoms with van der Waals surface area (Å²) in [4.78, 5) is 25.7. The van der Waals surface area contributed by atoms with Crippen molar-refractivity contribution in [1.82, 2.24) is 4.90 Å². The Morgan fingerprint density at radius 2 is 1.76 bits per heavy atom. The number of fused-ring (bicyclic) bond motifs is 1. The first kappa shape index (κ1) is 16.1. The zero-order valence-electron chi connectivity index (χ0n) is 13.5. The van der Waals surface area contributed by atoms with Crippen LogP contribution in [0.25, 0.3) is 0 Å². The minimum atomic E-state index is -1.15. The van der Waals surface area contributed by atoms with Crippen molar-refractivity contribution in [2.45, 2.75) is 70.9 Å². The van der Waals surface area contributed by atoms with Crippen LogP contribution in [0.4, 0.5) is 4.79 Å². The zero-order chi connectivity index (χ0) is 15.8. The van der Waals surface area contributed by atoms with Crippen molar-refractivity contribution in [3.05, 3.63) is 0 Å². The Hall–Kier alpha value is -1.26. The number of rotatable bonds is 1. The van der Waals surface area contributed by atoms with E-state index in [4.69, 9.17) is 4.74 Å². The molecule has 120 valence electrons. The van der Waals surface area contributed by atoms with Gasteiger partial charge in [-0.2, -0.15) is 0 Å². The summed E-state index contributed by atoms with van der Waals surface area (Å²) in [5.74, 6) is -0.102. The lowest BCUT2D eigenvalue weighted by Gasteiger charge is -2.49. The summed E-state index contributed by atoms with van der Waals surface area (Å²) in [6, 6.07) is 0. The van der Waals surface area contributed by atoms with Crippen molar-refractivity contribution in [1.29, 1.82) is 0 Å². The van der Waals surface area contributed by atoms with Crippen LogP contribution in [0.5, 0.6) is 0 Å². The van der Waals surface area contributed by atoms with Crippen LogP contribution in [-0.4, -0.2) is 39.8 Å². The number of ether oxygens (including phenoxy) is 1. The van der Waals surface area contributed by atoms with E-state index in [1.807, 2.05) is 0 Å². The summed E-state index contributed by atoms with van der Waals surface area (Å²) >= 11 is 0. The maximum atomic E-state index is 12.4. The second kappa shape index (κ2) is 5.50. The van der Waals surface area contributed by atoms with Gasteiger partial charge in [-0.25, -0.2) is 9.59 Å². The van der Waals surface area contributed by atoms with Gasteiger partial charge in [-0.15, -0.1) is 0 Å². The third kappa shape index (κ3) is 3.33. The summed E-state index contributed by atoms with van der Waals surface area (Å²) in [5, 5.41) is 9.66. The molecule has 3 atom stereocenters. The Balaban J connectivity index is 2.22. The molecule has 2 unspecified atom stereocenters. The van der Waals surface area contributed by atoms with E-state index in [2.05, 4.69) is 0 Å². The lowest BCUT2D eigenvalue weighted by Crippen LogP contribution is -2.62. The molecule has 1 saturated carbocycles. The second-order valence-corrected chi connectivity index (χ2v) is 7.68. The van der Waals surface area contributed by atoms with Gasteiger partial charge in [0.05, 0.1) is 0 Å². The SMILES string of the molecule is CC(C)(C)OC(=O)N1CC2CCCCC2C[C@@]1(C)C(=O)O. The van der Waals surface area contributed by atoms with Crippen LogP contribution < -0.4 is 0 Å². The third-order valence-corrected chi connectivity index (χ3v) is 4.81. The van der Waals surface area contributed by atoms with E-state index < -0.39 is 23.2 Å². The molecule has 1 aliphatic heterocycles. The monoisotopic (exact) mass is 297 g/mol. The molecule has 21 heavy (non-hydrogen) atoms. The molecule has 1 heterocycles. The van der Waals surface area contributed by atoms with Gasteiger partial charge < -0.3 is 9.84 Å². The van der Waals surface area contributed by atoms with Crippen LogP contribution in [0.3, 0.4) is 0 Å². The van der Waals surface area contributed by atoms with E-state index in [-0.39, 0.29) is 0 Å². The first-order chi connectivity index (χ1) is 9.63. The second-order valence-electron chi connectivity index (χ2n) is 7.68. The molecule has 0 bridgehead atoms. The summed E-state index contributed by atoms with van der Waals surface area (Å²) < 4.78 is 5.43. The standard InChI is InChI=1S/C16H27NO4/c1-15(2,3)21-14(20)17-10-12-8-6-5-7-11(12)9-16(17,4)13(18)19/h11-12H,5-10H2,1-4H3,(H,18,19)/t11?,12?,16-/m0/s1. The molecule has 1 amide bonds. The van der Waals surface area contributed by atoms with Crippen molar-refractivity contribution in [2.24, 2.45) is 11.8 Å². The first-order valence-electron chi connectivity index (χ1n) is 7.87. The van der Waals surface area contributed by atoms with Gasteiger partial charge in [0.15, 0.2) is 0 Å². The fourth-order valence-electron chi connectivity index (χ4n) is 3.65. The molecule has 2 fully saturated rings. The third-order valence-electron chi connectivity index (χ3n) is 4.81. The number of hydrogen-bond acceptors (Lipinski definition) is 3. The Morgan fingerprint density at radius 1 is 1.19 bits per heavy atom. The molecule has 0 aromatic carbocycles. The smallest absolute Gasteiger partial charge is 0.411 e. The van der Waals surface area contributed by atoms with Crippen molar-refractivity contribution in [3.63, 3.8) is 0 Å². The van der Waals surface area contributed by atoms with Crippen molar-refractivity contribution in [2.75, 3.05) is 6.54 Å². The van der Waals surface area contributed by atoms with Gasteiger partial charge in [-0.05, 0) is 52.4 Å². The van der Waals surface area contributed by atoms with Crippen LogP contribution >= 0.6 is 0 Å². The molecule has 1 aliphatic carbocycles. The summed E-state index contributed by atoms with van der Waals surface area (Å²) in [6.07, 6.45) is 4.54. The largest absolute Gasteiger partial charge is 0.480 e. The number of likely N-dealkylation sites (tertiary alicyclic amines) is 1. The highest BCUT2D eigenvalue weighted by molar-refractivity contribution is 5.84. The van der Waals surface area contributed by atoms with Gasteiger partial charge in [-0.3, -0.25) is 4.90 Å². The fourth-order valence-corrected chi connectivity index (χ4v) is 3.65. The van der Waals surface area contributed by atoms with Gasteiger partial charge in [-0.1, -0.05) is 19.3 Å². The lowest BCUT2D eigenvalue weighted by atomic mass is 9.69. The Kier molecular flexibility index (Phi) is 4.22. The Labute approximate surface area is 126 Å². The Morgan fingerprint density at radius 3 is 2.29 bits per heavy atom. The van der Waals surface area contributed by atoms with E-state index in [0.717, 1.165) is 12.8 Å². The van der Waals surface area contributed by atoms with E-state index in [1.165, 1.54) is 17.7 Å². The number of nitrogens with zero attached hydrogens (tertiary/aromatic N) is 1. The van der Waals surface area contributed by atoms with Crippen molar-refractivity contribution < 1.29 is 19.4 Å². The topological polar surface area (TPSA) is 66.8 Å². The van der Waals surface area contributed by atoms with Crippen LogP contribution in [0.15, 0.2) is 0 Å². The Bertz CT molecular complexity index is 428. The molecule has 1 N–H and O–H groups in total. The quantitative estimate of drug-likeness (QED) is 0.806. The summed E-state index contributed by atoms with van der Waals surface area (Å²) in [5.41, 5.74) is -1.76. The van der Waals surface area contributed by atoms with Crippen LogP contribution in [0.1, 0.15) is 59.8 Å². The average molecular weight is 297 g/mol. The van der Waals surface area contributed by atoms with Crippen molar-refractivity contribution in [3.8, 4) is 0 Å². The minimum absolute atomic E-state index is 0.415. The first-order valence-corrected chi connectivity index (χ1v) is 7.87. The highest BCUT2D eigenvalue weighted by Crippen LogP contribution is 2.43. The van der Waals surface area contributed by atoms with Crippen LogP contribution in [0.2, 0.25) is 0 Å². The minimum Gasteiger partial charge on any atom is -0.480 e. The predicted molar refractivity (Wildman–Crippen MR) is 79.0 cm³/mol. The maximum Gasteiger partial charge on any atom is 0.411 e. The molecule has 0 radical (unpaired) electrons. The number of hydrogen-bond donors (Lipinski definition) is 1. The van der Waals surface area contributed by atoms with E-state index in [1.54, 1.807) is 27.7 Å². The molecule has 0 spiro atoms. The molecule has 5 heteroatoms. The molecule has 0 aromatic heterocycles. The molecular weight excluding hydrogens is 270 g/mol. The van der Waals surface area contributed by atoms with Gasteiger partial charge in [0, 0.05) is 6.54 Å². The normalized spacial score (nSPS) is 33.2. The molecule has 2 aliphatic rings. The van der Waals surface area contributed by atoms with E-state index >= 15 is 0 Å². The number of carbonyl (C=O) groups excluding carboxylic acids is 1. The number of piperidine rings is 1. The molecular formula is C16H27NO4. The summed E-state index contributed by atoms with van der Waals surface area (Å²) in [7, 11) is 0. The highest BCUT2D eigenvalue weighted by atomic mass is 16.6. The summed E-state index contributed by atoms with van der Waals surface area (Å²) in [6.45, 7) is 7.57. The fraction of sp³-hybridized carbons (Fsp3) is 0.875. The molecule has 0 aromatic rings. The number of amides is 1. The molecule has 2 rings (SSSR count). The van der Waals surface area contributed by atoms with Gasteiger partial charge in [0.1, 0.15) is 11.1 Å². The van der Waals surface area contributed by atoms with Gasteiger partial charge in [0.2, 0.25) is 0 Å². The average Bonchev–Trinajstić information content (AvgIpc) is 2.35. The number of carboxylic acids is 1. The zero-order valence-corrected chi connectivity index (χ0v) is 13.5. The van der Waals surface area contributed by atoms with Crippen LogP contribution in [0, 0.1) is 11.8 Å². The highest BCUT2D eigenvalue weighted by Gasteiger charge is 2.51. The predicted octanol–water partition coefficient (Wildman–Crippen LogP) is 3.28. The number of aliphatic carboxylic acids is 1. The van der Waals surface area contributed by atoms with E-state index in [9.17, 15) is 14.7 Å². The lowest BCUT2D eigenvalue weighted by molar-refractivity contribution is -0.156.